The first-order valence-electron chi connectivity index (χ1n) is 6.68. The summed E-state index contributed by atoms with van der Waals surface area (Å²) in [5.74, 6) is 1.17. The van der Waals surface area contributed by atoms with Crippen LogP contribution in [-0.2, 0) is 9.59 Å². The Bertz CT molecular complexity index is 470. The van der Waals surface area contributed by atoms with Gasteiger partial charge in [0, 0.05) is 31.0 Å². The van der Waals surface area contributed by atoms with Crippen molar-refractivity contribution in [2.24, 2.45) is 5.92 Å². The van der Waals surface area contributed by atoms with E-state index in [1.807, 2.05) is 18.2 Å². The van der Waals surface area contributed by atoms with Crippen LogP contribution in [0.1, 0.15) is 32.6 Å². The van der Waals surface area contributed by atoms with E-state index in [1.54, 1.807) is 6.07 Å². The van der Waals surface area contributed by atoms with Crippen LogP contribution >= 0.6 is 0 Å². The molecular formula is C15H19NO3. The molecule has 0 heterocycles. The second-order valence-corrected chi connectivity index (χ2v) is 4.90. The molecule has 1 N–H and O–H groups in total. The van der Waals surface area contributed by atoms with Crippen molar-refractivity contribution in [3.05, 3.63) is 24.3 Å². The Hall–Kier alpha value is -1.84. The van der Waals surface area contributed by atoms with Crippen molar-refractivity contribution in [2.75, 3.05) is 11.9 Å². The number of benzene rings is 1. The van der Waals surface area contributed by atoms with Gasteiger partial charge in [0.15, 0.2) is 0 Å². The van der Waals surface area contributed by atoms with E-state index >= 15 is 0 Å². The zero-order valence-corrected chi connectivity index (χ0v) is 11.1. The van der Waals surface area contributed by atoms with Crippen LogP contribution in [0, 0.1) is 5.92 Å². The number of rotatable bonds is 5. The van der Waals surface area contributed by atoms with Crippen molar-refractivity contribution in [3.63, 3.8) is 0 Å². The van der Waals surface area contributed by atoms with Crippen LogP contribution in [0.4, 0.5) is 5.69 Å². The van der Waals surface area contributed by atoms with Crippen LogP contribution in [0.25, 0.3) is 0 Å². The molecule has 0 saturated heterocycles. The van der Waals surface area contributed by atoms with Gasteiger partial charge in [-0.15, -0.1) is 0 Å². The molecule has 0 spiro atoms. The summed E-state index contributed by atoms with van der Waals surface area (Å²) < 4.78 is 5.63. The standard InChI is InChI=1S/C15H19NO3/c1-11(17)16-13-5-3-6-14(10-13)19-9-8-12-4-2-7-15(12)18/h3,5-6,10,12H,2,4,7-9H2,1H3,(H,16,17). The molecule has 1 atom stereocenters. The Kier molecular flexibility index (Phi) is 4.55. The maximum absolute atomic E-state index is 11.5. The van der Waals surface area contributed by atoms with E-state index in [4.69, 9.17) is 4.74 Å². The molecule has 1 saturated carbocycles. The number of carbonyl (C=O) groups excluding carboxylic acids is 2. The summed E-state index contributed by atoms with van der Waals surface area (Å²) in [5, 5.41) is 2.71. The Morgan fingerprint density at radius 2 is 2.32 bits per heavy atom. The first-order chi connectivity index (χ1) is 9.15. The Balaban J connectivity index is 1.82. The maximum atomic E-state index is 11.5. The lowest BCUT2D eigenvalue weighted by molar-refractivity contribution is -0.121. The van der Waals surface area contributed by atoms with Crippen molar-refractivity contribution in [1.29, 1.82) is 0 Å². The monoisotopic (exact) mass is 261 g/mol. The minimum atomic E-state index is -0.103. The zero-order valence-electron chi connectivity index (χ0n) is 11.1. The van der Waals surface area contributed by atoms with Gasteiger partial charge >= 0.3 is 0 Å². The number of nitrogens with one attached hydrogen (secondary N) is 1. The van der Waals surface area contributed by atoms with Gasteiger partial charge in [-0.05, 0) is 31.4 Å². The summed E-state index contributed by atoms with van der Waals surface area (Å²) >= 11 is 0. The highest BCUT2D eigenvalue weighted by Crippen LogP contribution is 2.25. The summed E-state index contributed by atoms with van der Waals surface area (Å²) in [6.45, 7) is 2.01. The molecule has 4 nitrogen and oxygen atoms in total. The number of amides is 1. The Labute approximate surface area is 113 Å². The van der Waals surface area contributed by atoms with Crippen molar-refractivity contribution in [2.45, 2.75) is 32.6 Å². The average Bonchev–Trinajstić information content (AvgIpc) is 2.75. The van der Waals surface area contributed by atoms with Crippen LogP contribution in [0.5, 0.6) is 5.75 Å². The van der Waals surface area contributed by atoms with Crippen molar-refractivity contribution >= 4 is 17.4 Å². The van der Waals surface area contributed by atoms with E-state index in [1.165, 1.54) is 6.92 Å². The fourth-order valence-corrected chi connectivity index (χ4v) is 2.38. The number of ether oxygens (including phenoxy) is 1. The van der Waals surface area contributed by atoms with Gasteiger partial charge in [-0.3, -0.25) is 9.59 Å². The third-order valence-corrected chi connectivity index (χ3v) is 3.32. The third kappa shape index (κ3) is 4.09. The fraction of sp³-hybridized carbons (Fsp3) is 0.467. The predicted octanol–water partition coefficient (Wildman–Crippen LogP) is 2.78. The van der Waals surface area contributed by atoms with Crippen LogP contribution < -0.4 is 10.1 Å². The summed E-state index contributed by atoms with van der Waals surface area (Å²) in [7, 11) is 0. The molecule has 1 amide bonds. The lowest BCUT2D eigenvalue weighted by atomic mass is 10.0. The van der Waals surface area contributed by atoms with E-state index in [0.29, 0.717) is 12.4 Å². The molecule has 19 heavy (non-hydrogen) atoms. The molecule has 2 rings (SSSR count). The zero-order chi connectivity index (χ0) is 13.7. The molecular weight excluding hydrogens is 242 g/mol. The second-order valence-electron chi connectivity index (χ2n) is 4.90. The van der Waals surface area contributed by atoms with Gasteiger partial charge in [0.2, 0.25) is 5.91 Å². The average molecular weight is 261 g/mol. The molecule has 1 fully saturated rings. The van der Waals surface area contributed by atoms with E-state index < -0.39 is 0 Å². The molecule has 1 aliphatic rings. The predicted molar refractivity (Wildman–Crippen MR) is 73.2 cm³/mol. The van der Waals surface area contributed by atoms with Gasteiger partial charge in [0.25, 0.3) is 0 Å². The molecule has 0 aromatic heterocycles. The quantitative estimate of drug-likeness (QED) is 0.886. The smallest absolute Gasteiger partial charge is 0.221 e. The minimum Gasteiger partial charge on any atom is -0.493 e. The van der Waals surface area contributed by atoms with Gasteiger partial charge in [0.05, 0.1) is 6.61 Å². The van der Waals surface area contributed by atoms with Gasteiger partial charge in [-0.1, -0.05) is 6.07 Å². The molecule has 1 unspecified atom stereocenters. The number of ketones is 1. The number of carbonyl (C=O) groups is 2. The first kappa shape index (κ1) is 13.6. The topological polar surface area (TPSA) is 55.4 Å². The lowest BCUT2D eigenvalue weighted by Crippen LogP contribution is -2.11. The molecule has 1 aromatic carbocycles. The normalized spacial score (nSPS) is 18.4. The lowest BCUT2D eigenvalue weighted by Gasteiger charge is -2.10. The SMILES string of the molecule is CC(=O)Nc1cccc(OCCC2CCCC2=O)c1. The molecule has 1 aliphatic carbocycles. The highest BCUT2D eigenvalue weighted by atomic mass is 16.5. The summed E-state index contributed by atoms with van der Waals surface area (Å²) in [6, 6.07) is 7.29. The van der Waals surface area contributed by atoms with Crippen molar-refractivity contribution in [1.82, 2.24) is 0 Å². The maximum Gasteiger partial charge on any atom is 0.221 e. The van der Waals surface area contributed by atoms with Crippen molar-refractivity contribution < 1.29 is 14.3 Å². The van der Waals surface area contributed by atoms with E-state index in [-0.39, 0.29) is 11.8 Å². The van der Waals surface area contributed by atoms with Gasteiger partial charge < -0.3 is 10.1 Å². The van der Waals surface area contributed by atoms with E-state index in [2.05, 4.69) is 5.32 Å². The highest BCUT2D eigenvalue weighted by Gasteiger charge is 2.23. The van der Waals surface area contributed by atoms with Crippen LogP contribution in [0.15, 0.2) is 24.3 Å². The molecule has 0 aliphatic heterocycles. The Morgan fingerprint density at radius 1 is 1.47 bits per heavy atom. The van der Waals surface area contributed by atoms with Crippen LogP contribution in [-0.4, -0.2) is 18.3 Å². The number of anilines is 1. The Morgan fingerprint density at radius 3 is 3.00 bits per heavy atom. The number of Topliss-reactive ketones (excluding diaryl/α,β-unsaturated/α-hetero) is 1. The summed E-state index contributed by atoms with van der Waals surface area (Å²) in [4.78, 5) is 22.4. The van der Waals surface area contributed by atoms with Gasteiger partial charge in [0.1, 0.15) is 11.5 Å². The number of hydrogen-bond acceptors (Lipinski definition) is 3. The highest BCUT2D eigenvalue weighted by molar-refractivity contribution is 5.88. The van der Waals surface area contributed by atoms with Crippen LogP contribution in [0.2, 0.25) is 0 Å². The summed E-state index contributed by atoms with van der Waals surface area (Å²) in [5.41, 5.74) is 0.724. The molecule has 1 aromatic rings. The largest absolute Gasteiger partial charge is 0.493 e. The summed E-state index contributed by atoms with van der Waals surface area (Å²) in [6.07, 6.45) is 3.52. The molecule has 0 bridgehead atoms. The molecule has 0 radical (unpaired) electrons. The van der Waals surface area contributed by atoms with Crippen LogP contribution in [0.3, 0.4) is 0 Å². The molecule has 102 valence electrons. The van der Waals surface area contributed by atoms with E-state index in [0.717, 1.165) is 37.1 Å². The van der Waals surface area contributed by atoms with Crippen molar-refractivity contribution in [3.8, 4) is 5.75 Å². The first-order valence-corrected chi connectivity index (χ1v) is 6.68. The van der Waals surface area contributed by atoms with E-state index in [9.17, 15) is 9.59 Å². The van der Waals surface area contributed by atoms with Gasteiger partial charge in [-0.25, -0.2) is 0 Å². The number of hydrogen-bond donors (Lipinski definition) is 1. The third-order valence-electron chi connectivity index (χ3n) is 3.32. The minimum absolute atomic E-state index is 0.103. The second kappa shape index (κ2) is 6.36. The fourth-order valence-electron chi connectivity index (χ4n) is 2.38. The molecule has 4 heteroatoms. The van der Waals surface area contributed by atoms with Gasteiger partial charge in [-0.2, -0.15) is 0 Å².